The monoisotopic (exact) mass is 226 g/mol. The highest BCUT2D eigenvalue weighted by atomic mass is 127. The standard InChI is InChI=1S/C3H3IN2S/c4-2-1-3(5)7-6-2/h1H,5H2. The van der Waals surface area contributed by atoms with Gasteiger partial charge in [-0.05, 0) is 34.1 Å². The van der Waals surface area contributed by atoms with Crippen molar-refractivity contribution >= 4 is 39.1 Å². The molecule has 38 valence electrons. The van der Waals surface area contributed by atoms with E-state index in [-0.39, 0.29) is 0 Å². The van der Waals surface area contributed by atoms with Crippen LogP contribution in [0.4, 0.5) is 5.00 Å². The molecule has 2 nitrogen and oxygen atoms in total. The summed E-state index contributed by atoms with van der Waals surface area (Å²) in [4.78, 5) is 0. The second-order valence-electron chi connectivity index (χ2n) is 1.05. The van der Waals surface area contributed by atoms with Crippen LogP contribution in [0.3, 0.4) is 0 Å². The van der Waals surface area contributed by atoms with Gasteiger partial charge in [0.05, 0.1) is 0 Å². The molecule has 0 saturated carbocycles. The predicted molar refractivity (Wildman–Crippen MR) is 39.2 cm³/mol. The van der Waals surface area contributed by atoms with Crippen LogP contribution in [-0.2, 0) is 0 Å². The van der Waals surface area contributed by atoms with E-state index in [1.54, 1.807) is 0 Å². The minimum Gasteiger partial charge on any atom is -0.389 e. The number of hydrogen-bond donors (Lipinski definition) is 1. The number of nitrogen functional groups attached to an aromatic ring is 1. The highest BCUT2D eigenvalue weighted by Crippen LogP contribution is 2.12. The Kier molecular flexibility index (Phi) is 1.48. The summed E-state index contributed by atoms with van der Waals surface area (Å²) in [5.41, 5.74) is 5.33. The second-order valence-corrected chi connectivity index (χ2v) is 2.99. The molecule has 1 aromatic rings. The molecule has 0 spiro atoms. The average molecular weight is 226 g/mol. The van der Waals surface area contributed by atoms with Gasteiger partial charge in [-0.25, -0.2) is 0 Å². The lowest BCUT2D eigenvalue weighted by Crippen LogP contribution is -1.73. The van der Waals surface area contributed by atoms with E-state index >= 15 is 0 Å². The van der Waals surface area contributed by atoms with Gasteiger partial charge in [-0.3, -0.25) is 0 Å². The highest BCUT2D eigenvalue weighted by Gasteiger charge is 1.88. The van der Waals surface area contributed by atoms with Crippen molar-refractivity contribution in [2.45, 2.75) is 0 Å². The summed E-state index contributed by atoms with van der Waals surface area (Å²) in [5, 5.41) is 0.782. The van der Waals surface area contributed by atoms with E-state index in [1.165, 1.54) is 11.5 Å². The Labute approximate surface area is 59.0 Å². The number of nitrogens with two attached hydrogens (primary N) is 1. The summed E-state index contributed by atoms with van der Waals surface area (Å²) in [6.07, 6.45) is 0. The Balaban J connectivity index is 3.04. The van der Waals surface area contributed by atoms with Gasteiger partial charge in [0.1, 0.15) is 8.70 Å². The molecule has 0 bridgehead atoms. The molecule has 0 radical (unpaired) electrons. The van der Waals surface area contributed by atoms with Crippen LogP contribution in [0.5, 0.6) is 0 Å². The van der Waals surface area contributed by atoms with Gasteiger partial charge in [-0.15, -0.1) is 0 Å². The number of nitrogens with zero attached hydrogens (tertiary/aromatic N) is 1. The van der Waals surface area contributed by atoms with E-state index in [2.05, 4.69) is 27.0 Å². The molecule has 0 amide bonds. The topological polar surface area (TPSA) is 38.9 Å². The molecular formula is C3H3IN2S. The van der Waals surface area contributed by atoms with E-state index in [0.29, 0.717) is 0 Å². The van der Waals surface area contributed by atoms with Crippen molar-refractivity contribution in [3.05, 3.63) is 9.77 Å². The number of anilines is 1. The zero-order valence-electron chi connectivity index (χ0n) is 3.39. The molecule has 7 heavy (non-hydrogen) atoms. The molecular weight excluding hydrogens is 223 g/mol. The quantitative estimate of drug-likeness (QED) is 0.677. The summed E-state index contributed by atoms with van der Waals surface area (Å²) in [7, 11) is 0. The number of rotatable bonds is 0. The first-order chi connectivity index (χ1) is 3.29. The fourth-order valence-electron chi connectivity index (χ4n) is 0.266. The highest BCUT2D eigenvalue weighted by molar-refractivity contribution is 14.1. The summed E-state index contributed by atoms with van der Waals surface area (Å²) in [6.45, 7) is 0. The molecule has 0 aliphatic rings. The first-order valence-electron chi connectivity index (χ1n) is 1.67. The van der Waals surface area contributed by atoms with Gasteiger partial charge in [0, 0.05) is 6.07 Å². The average Bonchev–Trinajstić information content (AvgIpc) is 1.87. The minimum atomic E-state index is 0.782. The fraction of sp³-hybridized carbons (Fsp3) is 0. The molecule has 1 rings (SSSR count). The van der Waals surface area contributed by atoms with E-state index in [4.69, 9.17) is 5.73 Å². The first kappa shape index (κ1) is 5.30. The van der Waals surface area contributed by atoms with E-state index in [1.807, 2.05) is 6.07 Å². The van der Waals surface area contributed by atoms with E-state index < -0.39 is 0 Å². The van der Waals surface area contributed by atoms with Gasteiger partial charge >= 0.3 is 0 Å². The maximum Gasteiger partial charge on any atom is 0.117 e. The Morgan fingerprint density at radius 3 is 2.71 bits per heavy atom. The van der Waals surface area contributed by atoms with Crippen molar-refractivity contribution < 1.29 is 0 Å². The maximum absolute atomic E-state index is 5.33. The third-order valence-corrected chi connectivity index (χ3v) is 2.00. The van der Waals surface area contributed by atoms with Crippen LogP contribution in [-0.4, -0.2) is 4.37 Å². The zero-order valence-corrected chi connectivity index (χ0v) is 6.36. The van der Waals surface area contributed by atoms with Crippen LogP contribution in [0.25, 0.3) is 0 Å². The van der Waals surface area contributed by atoms with Crippen molar-refractivity contribution in [1.82, 2.24) is 4.37 Å². The lowest BCUT2D eigenvalue weighted by atomic mass is 10.7. The SMILES string of the molecule is Nc1cc(I)ns1. The van der Waals surface area contributed by atoms with Crippen LogP contribution in [0, 0.1) is 3.70 Å². The number of aromatic nitrogens is 1. The molecule has 0 aliphatic heterocycles. The summed E-state index contributed by atoms with van der Waals surface area (Å²) < 4.78 is 4.89. The van der Waals surface area contributed by atoms with Gasteiger partial charge in [0.25, 0.3) is 0 Å². The summed E-state index contributed by atoms with van der Waals surface area (Å²) in [6, 6.07) is 1.84. The van der Waals surface area contributed by atoms with Crippen LogP contribution in [0.1, 0.15) is 0 Å². The molecule has 0 fully saturated rings. The van der Waals surface area contributed by atoms with Crippen LogP contribution < -0.4 is 5.73 Å². The van der Waals surface area contributed by atoms with Crippen molar-refractivity contribution in [1.29, 1.82) is 0 Å². The number of hydrogen-bond acceptors (Lipinski definition) is 3. The molecule has 0 saturated heterocycles. The molecule has 0 atom stereocenters. The molecule has 0 unspecified atom stereocenters. The van der Waals surface area contributed by atoms with Crippen LogP contribution in [0.2, 0.25) is 0 Å². The Hall–Kier alpha value is 0.160. The van der Waals surface area contributed by atoms with Crippen molar-refractivity contribution in [3.8, 4) is 0 Å². The predicted octanol–water partition coefficient (Wildman–Crippen LogP) is 1.33. The Morgan fingerprint density at radius 1 is 1.86 bits per heavy atom. The van der Waals surface area contributed by atoms with Gasteiger partial charge in [0.15, 0.2) is 0 Å². The molecule has 2 N–H and O–H groups in total. The number of halogens is 1. The van der Waals surface area contributed by atoms with Gasteiger partial charge in [-0.1, -0.05) is 0 Å². The molecule has 1 heterocycles. The van der Waals surface area contributed by atoms with Crippen LogP contribution >= 0.6 is 34.1 Å². The van der Waals surface area contributed by atoms with Crippen molar-refractivity contribution in [2.24, 2.45) is 0 Å². The minimum absolute atomic E-state index is 0.782. The van der Waals surface area contributed by atoms with Gasteiger partial charge in [0.2, 0.25) is 0 Å². The van der Waals surface area contributed by atoms with E-state index in [0.717, 1.165) is 8.70 Å². The third kappa shape index (κ3) is 1.27. The molecule has 1 aromatic heterocycles. The maximum atomic E-state index is 5.33. The van der Waals surface area contributed by atoms with Crippen molar-refractivity contribution in [3.63, 3.8) is 0 Å². The summed E-state index contributed by atoms with van der Waals surface area (Å²) in [5.74, 6) is 0. The van der Waals surface area contributed by atoms with Crippen LogP contribution in [0.15, 0.2) is 6.07 Å². The first-order valence-corrected chi connectivity index (χ1v) is 3.52. The third-order valence-electron chi connectivity index (χ3n) is 0.500. The normalized spacial score (nSPS) is 9.29. The smallest absolute Gasteiger partial charge is 0.117 e. The second kappa shape index (κ2) is 1.95. The molecule has 0 aromatic carbocycles. The lowest BCUT2D eigenvalue weighted by Gasteiger charge is -1.67. The largest absolute Gasteiger partial charge is 0.389 e. The Morgan fingerprint density at radius 2 is 2.57 bits per heavy atom. The Bertz CT molecular complexity index is 145. The summed E-state index contributed by atoms with van der Waals surface area (Å²) >= 11 is 3.44. The van der Waals surface area contributed by atoms with Gasteiger partial charge < -0.3 is 5.73 Å². The zero-order chi connectivity index (χ0) is 5.28. The lowest BCUT2D eigenvalue weighted by molar-refractivity contribution is 1.49. The van der Waals surface area contributed by atoms with E-state index in [9.17, 15) is 0 Å². The molecule has 0 aliphatic carbocycles. The fourth-order valence-corrected chi connectivity index (χ4v) is 1.52. The molecule has 4 heteroatoms. The van der Waals surface area contributed by atoms with Gasteiger partial charge in [-0.2, -0.15) is 4.37 Å². The van der Waals surface area contributed by atoms with Crippen molar-refractivity contribution in [2.75, 3.05) is 5.73 Å².